The summed E-state index contributed by atoms with van der Waals surface area (Å²) in [7, 11) is 0. The Morgan fingerprint density at radius 3 is 2.31 bits per heavy atom. The Bertz CT molecular complexity index is 324. The summed E-state index contributed by atoms with van der Waals surface area (Å²) in [6.45, 7) is 4.68. The number of benzene rings is 1. The van der Waals surface area contributed by atoms with Gasteiger partial charge in [0.15, 0.2) is 0 Å². The monoisotopic (exact) mass is 261 g/mol. The van der Waals surface area contributed by atoms with Crippen LogP contribution in [0.25, 0.3) is 0 Å². The van der Waals surface area contributed by atoms with Gasteiger partial charge >= 0.3 is 0 Å². The summed E-state index contributed by atoms with van der Waals surface area (Å²) in [4.78, 5) is 0. The number of halogens is 2. The van der Waals surface area contributed by atoms with E-state index in [0.717, 1.165) is 12.0 Å². The van der Waals surface area contributed by atoms with Gasteiger partial charge in [-0.2, -0.15) is 0 Å². The van der Waals surface area contributed by atoms with Gasteiger partial charge < -0.3 is 10.4 Å². The van der Waals surface area contributed by atoms with E-state index in [1.54, 1.807) is 18.2 Å². The molecule has 0 amide bonds. The molecule has 0 radical (unpaired) electrons. The van der Waals surface area contributed by atoms with E-state index in [0.29, 0.717) is 22.6 Å². The van der Waals surface area contributed by atoms with Gasteiger partial charge in [0.05, 0.1) is 6.10 Å². The van der Waals surface area contributed by atoms with Gasteiger partial charge in [0.25, 0.3) is 0 Å². The molecular weight excluding hydrogens is 245 g/mol. The van der Waals surface area contributed by atoms with Crippen LogP contribution in [0.2, 0.25) is 10.0 Å². The van der Waals surface area contributed by atoms with Crippen LogP contribution >= 0.6 is 23.2 Å². The number of hydrogen-bond acceptors (Lipinski definition) is 2. The van der Waals surface area contributed by atoms with E-state index in [4.69, 9.17) is 23.2 Å². The van der Waals surface area contributed by atoms with Crippen LogP contribution in [-0.2, 0) is 0 Å². The van der Waals surface area contributed by atoms with E-state index in [1.807, 2.05) is 0 Å². The van der Waals surface area contributed by atoms with Crippen LogP contribution in [0.4, 0.5) is 0 Å². The fourth-order valence-corrected chi connectivity index (χ4v) is 1.89. The van der Waals surface area contributed by atoms with Gasteiger partial charge in [0, 0.05) is 22.6 Å². The number of aliphatic hydroxyl groups is 1. The second-order valence-corrected chi connectivity index (χ2v) is 4.81. The Morgan fingerprint density at radius 1 is 1.25 bits per heavy atom. The fourth-order valence-electron chi connectivity index (χ4n) is 1.34. The molecular formula is C12H17Cl2NO. The third-order valence-electron chi connectivity index (χ3n) is 2.54. The Balaban J connectivity index is 2.62. The molecule has 16 heavy (non-hydrogen) atoms. The molecule has 0 spiro atoms. The van der Waals surface area contributed by atoms with Gasteiger partial charge in [-0.15, -0.1) is 0 Å². The largest absolute Gasteiger partial charge is 0.387 e. The molecule has 0 aliphatic carbocycles. The number of rotatable bonds is 5. The zero-order valence-corrected chi connectivity index (χ0v) is 11.0. The molecule has 0 saturated carbocycles. The lowest BCUT2D eigenvalue weighted by atomic mass is 10.1. The molecule has 0 heterocycles. The highest BCUT2D eigenvalue weighted by molar-refractivity contribution is 6.34. The van der Waals surface area contributed by atoms with Crippen molar-refractivity contribution in [2.24, 2.45) is 0 Å². The highest BCUT2D eigenvalue weighted by atomic mass is 35.5. The smallest absolute Gasteiger partial charge is 0.0915 e. The average molecular weight is 262 g/mol. The topological polar surface area (TPSA) is 32.3 Å². The lowest BCUT2D eigenvalue weighted by molar-refractivity contribution is 0.170. The summed E-state index contributed by atoms with van der Waals surface area (Å²) in [5.41, 5.74) is 0.744. The van der Waals surface area contributed by atoms with Crippen LogP contribution in [0, 0.1) is 0 Å². The first kappa shape index (κ1) is 13.8. The normalized spacial score (nSPS) is 14.8. The minimum atomic E-state index is -0.579. The van der Waals surface area contributed by atoms with Crippen molar-refractivity contribution in [3.63, 3.8) is 0 Å². The van der Waals surface area contributed by atoms with E-state index in [9.17, 15) is 5.11 Å². The third-order valence-corrected chi connectivity index (χ3v) is 2.98. The maximum atomic E-state index is 9.93. The van der Waals surface area contributed by atoms with Crippen LogP contribution < -0.4 is 5.32 Å². The Hall–Kier alpha value is -0.280. The predicted octanol–water partition coefficient (Wildman–Crippen LogP) is 3.41. The van der Waals surface area contributed by atoms with Crippen molar-refractivity contribution in [1.82, 2.24) is 5.32 Å². The van der Waals surface area contributed by atoms with Gasteiger partial charge in [0.1, 0.15) is 0 Å². The summed E-state index contributed by atoms with van der Waals surface area (Å²) < 4.78 is 0. The van der Waals surface area contributed by atoms with E-state index in [-0.39, 0.29) is 0 Å². The standard InChI is InChI=1S/C12H17Cl2NO/c1-3-8(2)15-7-12(16)9-4-10(13)6-11(14)5-9/h4-6,8,12,15-16H,3,7H2,1-2H3. The molecule has 0 bridgehead atoms. The Morgan fingerprint density at radius 2 is 1.81 bits per heavy atom. The molecule has 2 N–H and O–H groups in total. The third kappa shape index (κ3) is 4.30. The minimum absolute atomic E-state index is 0.393. The number of aliphatic hydroxyl groups excluding tert-OH is 1. The minimum Gasteiger partial charge on any atom is -0.387 e. The van der Waals surface area contributed by atoms with Crippen LogP contribution in [0.3, 0.4) is 0 Å². The summed E-state index contributed by atoms with van der Waals surface area (Å²) in [6, 6.07) is 5.51. The molecule has 1 aromatic rings. The molecule has 90 valence electrons. The predicted molar refractivity (Wildman–Crippen MR) is 69.2 cm³/mol. The van der Waals surface area contributed by atoms with Crippen LogP contribution in [0.15, 0.2) is 18.2 Å². The molecule has 0 saturated heterocycles. The highest BCUT2D eigenvalue weighted by Gasteiger charge is 2.10. The molecule has 0 aliphatic rings. The number of nitrogens with one attached hydrogen (secondary N) is 1. The summed E-state index contributed by atoms with van der Waals surface area (Å²) in [5.74, 6) is 0. The lowest BCUT2D eigenvalue weighted by Crippen LogP contribution is -2.29. The lowest BCUT2D eigenvalue weighted by Gasteiger charge is -2.16. The van der Waals surface area contributed by atoms with Crippen molar-refractivity contribution in [3.8, 4) is 0 Å². The molecule has 4 heteroatoms. The first-order valence-electron chi connectivity index (χ1n) is 5.40. The summed E-state index contributed by atoms with van der Waals surface area (Å²) in [5, 5.41) is 14.3. The molecule has 0 fully saturated rings. The summed E-state index contributed by atoms with van der Waals surface area (Å²) in [6.07, 6.45) is 0.452. The Labute approximate surface area is 107 Å². The van der Waals surface area contributed by atoms with Crippen molar-refractivity contribution >= 4 is 23.2 Å². The quantitative estimate of drug-likeness (QED) is 0.852. The highest BCUT2D eigenvalue weighted by Crippen LogP contribution is 2.23. The van der Waals surface area contributed by atoms with Crippen molar-refractivity contribution in [1.29, 1.82) is 0 Å². The molecule has 0 aromatic heterocycles. The van der Waals surface area contributed by atoms with Gasteiger partial charge in [-0.1, -0.05) is 30.1 Å². The van der Waals surface area contributed by atoms with Gasteiger partial charge in [-0.25, -0.2) is 0 Å². The van der Waals surface area contributed by atoms with Crippen molar-refractivity contribution in [2.45, 2.75) is 32.4 Å². The van der Waals surface area contributed by atoms with Gasteiger partial charge in [-0.05, 0) is 37.1 Å². The first-order valence-corrected chi connectivity index (χ1v) is 6.16. The van der Waals surface area contributed by atoms with E-state index >= 15 is 0 Å². The zero-order valence-electron chi connectivity index (χ0n) is 9.50. The Kier molecular flexibility index (Phi) is 5.56. The molecule has 0 aliphatic heterocycles. The molecule has 1 aromatic carbocycles. The fraction of sp³-hybridized carbons (Fsp3) is 0.500. The van der Waals surface area contributed by atoms with Crippen LogP contribution in [0.1, 0.15) is 31.9 Å². The van der Waals surface area contributed by atoms with Crippen molar-refractivity contribution in [3.05, 3.63) is 33.8 Å². The average Bonchev–Trinajstić information content (AvgIpc) is 2.23. The van der Waals surface area contributed by atoms with E-state index in [2.05, 4.69) is 19.2 Å². The number of hydrogen-bond donors (Lipinski definition) is 2. The van der Waals surface area contributed by atoms with Crippen molar-refractivity contribution < 1.29 is 5.11 Å². The molecule has 2 atom stereocenters. The van der Waals surface area contributed by atoms with Crippen molar-refractivity contribution in [2.75, 3.05) is 6.54 Å². The van der Waals surface area contributed by atoms with Gasteiger partial charge in [-0.3, -0.25) is 0 Å². The molecule has 2 nitrogen and oxygen atoms in total. The zero-order chi connectivity index (χ0) is 12.1. The maximum Gasteiger partial charge on any atom is 0.0915 e. The van der Waals surface area contributed by atoms with E-state index in [1.165, 1.54) is 0 Å². The molecule has 1 rings (SSSR count). The summed E-state index contributed by atoms with van der Waals surface area (Å²) >= 11 is 11.7. The van der Waals surface area contributed by atoms with Crippen LogP contribution in [-0.4, -0.2) is 17.7 Å². The van der Waals surface area contributed by atoms with Crippen LogP contribution in [0.5, 0.6) is 0 Å². The second-order valence-electron chi connectivity index (χ2n) is 3.94. The molecule has 2 unspecified atom stereocenters. The maximum absolute atomic E-state index is 9.93. The second kappa shape index (κ2) is 6.45. The SMILES string of the molecule is CCC(C)NCC(O)c1cc(Cl)cc(Cl)c1. The van der Waals surface area contributed by atoms with Gasteiger partial charge in [0.2, 0.25) is 0 Å². The van der Waals surface area contributed by atoms with E-state index < -0.39 is 6.10 Å². The first-order chi connectivity index (χ1) is 7.52.